The van der Waals surface area contributed by atoms with Crippen LogP contribution in [0.5, 0.6) is 11.5 Å². The first-order valence-corrected chi connectivity index (χ1v) is 12.1. The maximum atomic E-state index is 13.5. The monoisotopic (exact) mass is 464 g/mol. The van der Waals surface area contributed by atoms with E-state index in [0.717, 1.165) is 43.2 Å². The van der Waals surface area contributed by atoms with Gasteiger partial charge in [-0.25, -0.2) is 4.79 Å². The van der Waals surface area contributed by atoms with E-state index < -0.39 is 5.54 Å². The first-order valence-electron chi connectivity index (χ1n) is 12.1. The number of carbonyl (C=O) groups is 2. The number of hydrogen-bond acceptors (Lipinski definition) is 6. The molecule has 1 aromatic carbocycles. The summed E-state index contributed by atoms with van der Waals surface area (Å²) in [6.45, 7) is 7.83. The van der Waals surface area contributed by atoms with Crippen molar-refractivity contribution in [2.24, 2.45) is 5.92 Å². The maximum absolute atomic E-state index is 13.5. The average molecular weight is 465 g/mol. The topological polar surface area (TPSA) is 75.2 Å². The number of piperidine rings is 1. The van der Waals surface area contributed by atoms with Gasteiger partial charge >= 0.3 is 6.03 Å². The highest BCUT2D eigenvalue weighted by molar-refractivity contribution is 6.07. The van der Waals surface area contributed by atoms with Crippen molar-refractivity contribution in [2.45, 2.75) is 45.2 Å². The van der Waals surface area contributed by atoms with Gasteiger partial charge in [0, 0.05) is 32.4 Å². The summed E-state index contributed by atoms with van der Waals surface area (Å²) in [6, 6.07) is 11.5. The number of hydrogen-bond donors (Lipinski definition) is 0. The van der Waals surface area contributed by atoms with Gasteiger partial charge in [-0.3, -0.25) is 14.7 Å². The van der Waals surface area contributed by atoms with Gasteiger partial charge in [0.15, 0.2) is 11.5 Å². The summed E-state index contributed by atoms with van der Waals surface area (Å²) in [5.41, 5.74) is 1.24. The standard InChI is InChI=1S/C26H32N4O4/c1-3-30-25(32)29(17-21-6-4-5-11-27-21)24(31)26(30)9-12-28(13-10-26)16-19(2)14-20-7-8-22-23(15-20)34-18-33-22/h4-8,11,15,19H,3,9-10,12-14,16-18H2,1-2H3. The zero-order chi connectivity index (χ0) is 23.7. The molecule has 2 aromatic rings. The number of aromatic nitrogens is 1. The molecule has 1 unspecified atom stereocenters. The fraction of sp³-hybridized carbons (Fsp3) is 0.500. The molecule has 0 aliphatic carbocycles. The second kappa shape index (κ2) is 9.25. The molecule has 4 heterocycles. The minimum Gasteiger partial charge on any atom is -0.454 e. The normalized spacial score (nSPS) is 20.4. The first kappa shape index (κ1) is 22.7. The molecule has 3 aliphatic rings. The highest BCUT2D eigenvalue weighted by Gasteiger charge is 2.57. The van der Waals surface area contributed by atoms with Crippen LogP contribution in [0, 0.1) is 5.92 Å². The van der Waals surface area contributed by atoms with Gasteiger partial charge in [0.25, 0.3) is 5.91 Å². The highest BCUT2D eigenvalue weighted by atomic mass is 16.7. The molecule has 180 valence electrons. The Morgan fingerprint density at radius 1 is 1.09 bits per heavy atom. The minimum atomic E-state index is -0.725. The van der Waals surface area contributed by atoms with Crippen LogP contribution in [0.1, 0.15) is 37.9 Å². The third kappa shape index (κ3) is 4.11. The van der Waals surface area contributed by atoms with E-state index in [2.05, 4.69) is 28.9 Å². The summed E-state index contributed by atoms with van der Waals surface area (Å²) in [5.74, 6) is 2.02. The quantitative estimate of drug-likeness (QED) is 0.586. The number of likely N-dealkylation sites (tertiary alicyclic amines) is 1. The Morgan fingerprint density at radius 2 is 1.88 bits per heavy atom. The molecule has 0 radical (unpaired) electrons. The molecule has 1 aromatic heterocycles. The Hall–Kier alpha value is -3.13. The second-order valence-corrected chi connectivity index (χ2v) is 9.57. The van der Waals surface area contributed by atoms with Crippen LogP contribution < -0.4 is 9.47 Å². The van der Waals surface area contributed by atoms with Gasteiger partial charge in [-0.2, -0.15) is 0 Å². The lowest BCUT2D eigenvalue weighted by Crippen LogP contribution is -2.56. The summed E-state index contributed by atoms with van der Waals surface area (Å²) in [6.07, 6.45) is 3.98. The van der Waals surface area contributed by atoms with E-state index in [0.29, 0.717) is 32.1 Å². The molecule has 0 N–H and O–H groups in total. The molecule has 2 fully saturated rings. The van der Waals surface area contributed by atoms with Gasteiger partial charge in [-0.15, -0.1) is 0 Å². The largest absolute Gasteiger partial charge is 0.454 e. The van der Waals surface area contributed by atoms with E-state index in [9.17, 15) is 9.59 Å². The molecule has 2 saturated heterocycles. The predicted molar refractivity (Wildman–Crippen MR) is 126 cm³/mol. The fourth-order valence-electron chi connectivity index (χ4n) is 5.58. The number of ether oxygens (including phenoxy) is 2. The number of urea groups is 1. The summed E-state index contributed by atoms with van der Waals surface area (Å²) >= 11 is 0. The number of carbonyl (C=O) groups excluding carboxylic acids is 2. The fourth-order valence-corrected chi connectivity index (χ4v) is 5.58. The van der Waals surface area contributed by atoms with E-state index in [1.807, 2.05) is 31.2 Å². The van der Waals surface area contributed by atoms with Crippen LogP contribution in [-0.4, -0.2) is 70.1 Å². The number of pyridine rings is 1. The highest BCUT2D eigenvalue weighted by Crippen LogP contribution is 2.38. The second-order valence-electron chi connectivity index (χ2n) is 9.57. The number of rotatable bonds is 7. The maximum Gasteiger partial charge on any atom is 0.328 e. The van der Waals surface area contributed by atoms with Gasteiger partial charge in [0.2, 0.25) is 6.79 Å². The van der Waals surface area contributed by atoms with E-state index in [1.165, 1.54) is 10.5 Å². The van der Waals surface area contributed by atoms with E-state index in [1.54, 1.807) is 11.1 Å². The van der Waals surface area contributed by atoms with Crippen molar-refractivity contribution in [3.05, 3.63) is 53.9 Å². The predicted octanol–water partition coefficient (Wildman–Crippen LogP) is 3.31. The Kier molecular flexibility index (Phi) is 6.16. The Labute approximate surface area is 200 Å². The molecule has 0 saturated carbocycles. The molecule has 34 heavy (non-hydrogen) atoms. The number of imide groups is 1. The molecule has 3 aliphatic heterocycles. The van der Waals surface area contributed by atoms with Crippen LogP contribution in [0.4, 0.5) is 4.79 Å². The molecule has 1 atom stereocenters. The number of likely N-dealkylation sites (N-methyl/N-ethyl adjacent to an activating group) is 1. The summed E-state index contributed by atoms with van der Waals surface area (Å²) < 4.78 is 10.9. The van der Waals surface area contributed by atoms with Crippen molar-refractivity contribution in [2.75, 3.05) is 33.0 Å². The lowest BCUT2D eigenvalue weighted by atomic mass is 9.85. The molecular weight excluding hydrogens is 432 g/mol. The third-order valence-corrected chi connectivity index (χ3v) is 7.26. The van der Waals surface area contributed by atoms with Gasteiger partial charge in [0.05, 0.1) is 12.2 Å². The van der Waals surface area contributed by atoms with Crippen LogP contribution in [0.15, 0.2) is 42.6 Å². The van der Waals surface area contributed by atoms with E-state index >= 15 is 0 Å². The zero-order valence-corrected chi connectivity index (χ0v) is 19.9. The van der Waals surface area contributed by atoms with Crippen LogP contribution in [0.25, 0.3) is 0 Å². The van der Waals surface area contributed by atoms with Crippen LogP contribution in [0.2, 0.25) is 0 Å². The molecule has 5 rings (SSSR count). The van der Waals surface area contributed by atoms with Crippen molar-refractivity contribution in [3.63, 3.8) is 0 Å². The first-order chi connectivity index (χ1) is 16.5. The SMILES string of the molecule is CCN1C(=O)N(Cc2ccccn2)C(=O)C12CCN(CC(C)Cc1ccc3c(c1)OCO3)CC2. The van der Waals surface area contributed by atoms with Gasteiger partial charge in [-0.1, -0.05) is 19.1 Å². The molecule has 0 bridgehead atoms. The van der Waals surface area contributed by atoms with Crippen molar-refractivity contribution >= 4 is 11.9 Å². The summed E-state index contributed by atoms with van der Waals surface area (Å²) in [5, 5.41) is 0. The number of amides is 3. The third-order valence-electron chi connectivity index (χ3n) is 7.26. The van der Waals surface area contributed by atoms with Crippen molar-refractivity contribution in [1.29, 1.82) is 0 Å². The van der Waals surface area contributed by atoms with Gasteiger partial charge < -0.3 is 19.3 Å². The van der Waals surface area contributed by atoms with Gasteiger partial charge in [0.1, 0.15) is 5.54 Å². The lowest BCUT2D eigenvalue weighted by Gasteiger charge is -2.42. The Morgan fingerprint density at radius 3 is 2.62 bits per heavy atom. The average Bonchev–Trinajstić information content (AvgIpc) is 3.38. The number of nitrogens with zero attached hydrogens (tertiary/aromatic N) is 4. The summed E-state index contributed by atoms with van der Waals surface area (Å²) in [7, 11) is 0. The lowest BCUT2D eigenvalue weighted by molar-refractivity contribution is -0.136. The zero-order valence-electron chi connectivity index (χ0n) is 19.9. The molecule has 1 spiro atoms. The van der Waals surface area contributed by atoms with Gasteiger partial charge in [-0.05, 0) is 61.9 Å². The summed E-state index contributed by atoms with van der Waals surface area (Å²) in [4.78, 5) is 36.6. The van der Waals surface area contributed by atoms with Crippen molar-refractivity contribution < 1.29 is 19.1 Å². The molecule has 3 amide bonds. The Balaban J connectivity index is 1.20. The molecule has 8 nitrogen and oxygen atoms in total. The molecular formula is C26H32N4O4. The van der Waals surface area contributed by atoms with Crippen LogP contribution in [-0.2, 0) is 17.8 Å². The number of fused-ring (bicyclic) bond motifs is 1. The smallest absolute Gasteiger partial charge is 0.328 e. The number of benzene rings is 1. The van der Waals surface area contributed by atoms with Crippen molar-refractivity contribution in [1.82, 2.24) is 19.7 Å². The van der Waals surface area contributed by atoms with E-state index in [4.69, 9.17) is 9.47 Å². The van der Waals surface area contributed by atoms with E-state index in [-0.39, 0.29) is 18.5 Å². The van der Waals surface area contributed by atoms with Crippen molar-refractivity contribution in [3.8, 4) is 11.5 Å². The Bertz CT molecular complexity index is 1050. The minimum absolute atomic E-state index is 0.0712. The van der Waals surface area contributed by atoms with Crippen LogP contribution in [0.3, 0.4) is 0 Å². The molecule has 8 heteroatoms. The van der Waals surface area contributed by atoms with Crippen LogP contribution >= 0.6 is 0 Å².